The molecule has 0 spiro atoms. The number of carbonyl (C=O) groups is 1. The Labute approximate surface area is 154 Å². The van der Waals surface area contributed by atoms with Gasteiger partial charge in [0, 0.05) is 32.1 Å². The summed E-state index contributed by atoms with van der Waals surface area (Å²) in [6.45, 7) is 7.06. The molecule has 0 unspecified atom stereocenters. The highest BCUT2D eigenvalue weighted by atomic mass is 16.5. The van der Waals surface area contributed by atoms with E-state index in [4.69, 9.17) is 10.00 Å². The second-order valence-electron chi connectivity index (χ2n) is 6.79. The van der Waals surface area contributed by atoms with Crippen LogP contribution in [0.25, 0.3) is 0 Å². The first-order valence-electron chi connectivity index (χ1n) is 8.94. The summed E-state index contributed by atoms with van der Waals surface area (Å²) in [5.74, 6) is -0.0516. The van der Waals surface area contributed by atoms with E-state index in [1.54, 1.807) is 22.7 Å². The SMILES string of the molecule is CCn1nc2c(c1C(=O)N(C)Cc1cccc(C#N)c1)C[C@H](C)O[C@@H]2C. The van der Waals surface area contributed by atoms with Gasteiger partial charge in [-0.05, 0) is 38.5 Å². The fraction of sp³-hybridized carbons (Fsp3) is 0.450. The zero-order valence-corrected chi connectivity index (χ0v) is 15.7. The second kappa shape index (κ2) is 7.30. The second-order valence-corrected chi connectivity index (χ2v) is 6.79. The highest BCUT2D eigenvalue weighted by Gasteiger charge is 2.32. The number of hydrogen-bond donors (Lipinski definition) is 0. The molecular weight excluding hydrogens is 328 g/mol. The van der Waals surface area contributed by atoms with E-state index in [1.165, 1.54) is 0 Å². The van der Waals surface area contributed by atoms with Crippen molar-refractivity contribution in [1.82, 2.24) is 14.7 Å². The highest BCUT2D eigenvalue weighted by molar-refractivity contribution is 5.94. The Kier molecular flexibility index (Phi) is 5.10. The number of hydrogen-bond acceptors (Lipinski definition) is 4. The van der Waals surface area contributed by atoms with Gasteiger partial charge in [-0.15, -0.1) is 0 Å². The molecule has 6 nitrogen and oxygen atoms in total. The monoisotopic (exact) mass is 352 g/mol. The molecule has 1 amide bonds. The molecule has 1 aliphatic heterocycles. The summed E-state index contributed by atoms with van der Waals surface area (Å²) in [5.41, 5.74) is 4.05. The summed E-state index contributed by atoms with van der Waals surface area (Å²) >= 11 is 0. The average Bonchev–Trinajstić information content (AvgIpc) is 2.99. The van der Waals surface area contributed by atoms with Gasteiger partial charge in [0.15, 0.2) is 0 Å². The third-order valence-electron chi connectivity index (χ3n) is 4.72. The molecule has 0 saturated carbocycles. The number of aryl methyl sites for hydroxylation is 1. The van der Waals surface area contributed by atoms with Crippen molar-refractivity contribution in [3.05, 3.63) is 52.3 Å². The van der Waals surface area contributed by atoms with Crippen LogP contribution in [-0.4, -0.2) is 33.7 Å². The number of nitrogens with zero attached hydrogens (tertiary/aromatic N) is 4. The third-order valence-corrected chi connectivity index (χ3v) is 4.72. The molecule has 0 saturated heterocycles. The van der Waals surface area contributed by atoms with Crippen molar-refractivity contribution in [3.63, 3.8) is 0 Å². The molecule has 2 atom stereocenters. The van der Waals surface area contributed by atoms with Gasteiger partial charge in [0.25, 0.3) is 5.91 Å². The lowest BCUT2D eigenvalue weighted by Crippen LogP contribution is -2.30. The molecule has 136 valence electrons. The lowest BCUT2D eigenvalue weighted by molar-refractivity contribution is -0.00715. The van der Waals surface area contributed by atoms with E-state index in [9.17, 15) is 4.79 Å². The quantitative estimate of drug-likeness (QED) is 0.848. The number of benzene rings is 1. The summed E-state index contributed by atoms with van der Waals surface area (Å²) in [6.07, 6.45) is 0.653. The predicted molar refractivity (Wildman–Crippen MR) is 97.5 cm³/mol. The van der Waals surface area contributed by atoms with Crippen LogP contribution >= 0.6 is 0 Å². The first kappa shape index (κ1) is 18.2. The van der Waals surface area contributed by atoms with Crippen LogP contribution in [0.15, 0.2) is 24.3 Å². The molecule has 1 aliphatic rings. The van der Waals surface area contributed by atoms with Gasteiger partial charge in [0.1, 0.15) is 5.69 Å². The molecule has 0 fully saturated rings. The normalized spacial score (nSPS) is 18.9. The zero-order valence-electron chi connectivity index (χ0n) is 15.7. The number of rotatable bonds is 4. The number of amides is 1. The van der Waals surface area contributed by atoms with Crippen molar-refractivity contribution in [2.75, 3.05) is 7.05 Å². The van der Waals surface area contributed by atoms with E-state index in [1.807, 2.05) is 39.0 Å². The molecule has 1 aromatic carbocycles. The number of nitriles is 1. The van der Waals surface area contributed by atoms with Crippen LogP contribution in [-0.2, 0) is 24.2 Å². The molecule has 0 aliphatic carbocycles. The van der Waals surface area contributed by atoms with Gasteiger partial charge < -0.3 is 9.64 Å². The molecule has 0 radical (unpaired) electrons. The van der Waals surface area contributed by atoms with E-state index in [2.05, 4.69) is 11.2 Å². The van der Waals surface area contributed by atoms with Crippen LogP contribution in [0.4, 0.5) is 0 Å². The van der Waals surface area contributed by atoms with Crippen LogP contribution in [0.3, 0.4) is 0 Å². The number of ether oxygens (including phenoxy) is 1. The first-order valence-corrected chi connectivity index (χ1v) is 8.94. The summed E-state index contributed by atoms with van der Waals surface area (Å²) in [6, 6.07) is 9.47. The fourth-order valence-corrected chi connectivity index (χ4v) is 3.53. The largest absolute Gasteiger partial charge is 0.369 e. The molecule has 1 aromatic heterocycles. The maximum Gasteiger partial charge on any atom is 0.272 e. The van der Waals surface area contributed by atoms with Crippen LogP contribution in [0.5, 0.6) is 0 Å². The van der Waals surface area contributed by atoms with Gasteiger partial charge in [-0.3, -0.25) is 9.48 Å². The molecule has 0 bridgehead atoms. The van der Waals surface area contributed by atoms with Crippen LogP contribution in [0, 0.1) is 11.3 Å². The van der Waals surface area contributed by atoms with Crippen molar-refractivity contribution in [2.24, 2.45) is 0 Å². The van der Waals surface area contributed by atoms with E-state index >= 15 is 0 Å². The van der Waals surface area contributed by atoms with Crippen molar-refractivity contribution in [3.8, 4) is 6.07 Å². The maximum atomic E-state index is 13.2. The van der Waals surface area contributed by atoms with Gasteiger partial charge in [0.05, 0.1) is 29.5 Å². The first-order chi connectivity index (χ1) is 12.4. The number of fused-ring (bicyclic) bond motifs is 1. The molecule has 0 N–H and O–H groups in total. The summed E-state index contributed by atoms with van der Waals surface area (Å²) in [5, 5.41) is 13.7. The molecule has 2 heterocycles. The predicted octanol–water partition coefficient (Wildman–Crippen LogP) is 3.07. The van der Waals surface area contributed by atoms with Crippen LogP contribution in [0.1, 0.15) is 59.7 Å². The smallest absolute Gasteiger partial charge is 0.272 e. The minimum atomic E-state index is -0.106. The minimum absolute atomic E-state index is 0.0516. The van der Waals surface area contributed by atoms with Crippen molar-refractivity contribution >= 4 is 5.91 Å². The van der Waals surface area contributed by atoms with E-state index in [-0.39, 0.29) is 18.1 Å². The van der Waals surface area contributed by atoms with Crippen molar-refractivity contribution in [2.45, 2.75) is 52.5 Å². The molecular formula is C20H24N4O2. The molecule has 3 rings (SSSR count). The maximum absolute atomic E-state index is 13.2. The zero-order chi connectivity index (χ0) is 18.8. The lowest BCUT2D eigenvalue weighted by atomic mass is 9.99. The van der Waals surface area contributed by atoms with Crippen molar-refractivity contribution in [1.29, 1.82) is 5.26 Å². The molecule has 2 aromatic rings. The van der Waals surface area contributed by atoms with Gasteiger partial charge >= 0.3 is 0 Å². The van der Waals surface area contributed by atoms with Gasteiger partial charge in [-0.2, -0.15) is 10.4 Å². The Morgan fingerprint density at radius 2 is 2.23 bits per heavy atom. The van der Waals surface area contributed by atoms with E-state index < -0.39 is 0 Å². The highest BCUT2D eigenvalue weighted by Crippen LogP contribution is 2.32. The number of aromatic nitrogens is 2. The van der Waals surface area contributed by atoms with Gasteiger partial charge in [-0.1, -0.05) is 12.1 Å². The van der Waals surface area contributed by atoms with Crippen molar-refractivity contribution < 1.29 is 9.53 Å². The van der Waals surface area contributed by atoms with Gasteiger partial charge in [0.2, 0.25) is 0 Å². The summed E-state index contributed by atoms with van der Waals surface area (Å²) in [4.78, 5) is 14.9. The fourth-order valence-electron chi connectivity index (χ4n) is 3.53. The molecule has 6 heteroatoms. The summed E-state index contributed by atoms with van der Waals surface area (Å²) < 4.78 is 7.64. The van der Waals surface area contributed by atoms with E-state index in [0.717, 1.165) is 16.8 Å². The number of carbonyl (C=O) groups excluding carboxylic acids is 1. The third kappa shape index (κ3) is 3.35. The van der Waals surface area contributed by atoms with Gasteiger partial charge in [-0.25, -0.2) is 0 Å². The Bertz CT molecular complexity index is 865. The van der Waals surface area contributed by atoms with E-state index in [0.29, 0.717) is 30.8 Å². The Balaban J connectivity index is 1.90. The topological polar surface area (TPSA) is 71.2 Å². The standard InChI is InChI=1S/C20H24N4O2/c1-5-24-19(17-9-13(2)26-14(3)18(17)22-24)20(25)23(4)12-16-8-6-7-15(10-16)11-21/h6-8,10,13-14H,5,9,12H2,1-4H3/t13-,14+/m0/s1. The van der Waals surface area contributed by atoms with Crippen LogP contribution < -0.4 is 0 Å². The lowest BCUT2D eigenvalue weighted by Gasteiger charge is -2.25. The Morgan fingerprint density at radius 1 is 1.46 bits per heavy atom. The minimum Gasteiger partial charge on any atom is -0.369 e. The van der Waals surface area contributed by atoms with Crippen LogP contribution in [0.2, 0.25) is 0 Å². The molecule has 26 heavy (non-hydrogen) atoms. The average molecular weight is 352 g/mol. The Hall–Kier alpha value is -2.65. The Morgan fingerprint density at radius 3 is 2.92 bits per heavy atom. The summed E-state index contributed by atoms with van der Waals surface area (Å²) in [7, 11) is 1.78.